The highest BCUT2D eigenvalue weighted by atomic mass is 35.5. The van der Waals surface area contributed by atoms with Crippen molar-refractivity contribution in [3.63, 3.8) is 0 Å². The Morgan fingerprint density at radius 1 is 0.850 bits per heavy atom. The van der Waals surface area contributed by atoms with E-state index in [-0.39, 0.29) is 18.5 Å². The van der Waals surface area contributed by atoms with E-state index >= 15 is 0 Å². The summed E-state index contributed by atoms with van der Waals surface area (Å²) < 4.78 is 11.9. The molecular weight excluding hydrogens is 295 g/mol. The van der Waals surface area contributed by atoms with Crippen LogP contribution in [-0.4, -0.2) is 6.10 Å². The summed E-state index contributed by atoms with van der Waals surface area (Å²) in [5.41, 5.74) is 1.78. The minimum Gasteiger partial charge on any atom is -0.342 e. The molecule has 2 aromatic carbocycles. The van der Waals surface area contributed by atoms with Crippen LogP contribution in [0.5, 0.6) is 0 Å². The van der Waals surface area contributed by atoms with Gasteiger partial charge in [0.1, 0.15) is 6.10 Å². The number of hydrogen-bond acceptors (Lipinski definition) is 2. The quantitative estimate of drug-likeness (QED) is 0.762. The van der Waals surface area contributed by atoms with Crippen LogP contribution in [0.25, 0.3) is 0 Å². The molecule has 1 saturated heterocycles. The minimum atomic E-state index is -0.386. The monoisotopic (exact) mass is 308 g/mol. The standard InChI is InChI=1S/C16H14Cl2O2/c1-10-15(14-12(17)8-5-9-13(14)18)20-16(19-10)11-6-3-2-4-7-11/h2-10,15-16H,1H3. The van der Waals surface area contributed by atoms with E-state index in [9.17, 15) is 0 Å². The summed E-state index contributed by atoms with van der Waals surface area (Å²) in [6, 6.07) is 15.3. The van der Waals surface area contributed by atoms with Crippen LogP contribution < -0.4 is 0 Å². The van der Waals surface area contributed by atoms with Gasteiger partial charge >= 0.3 is 0 Å². The van der Waals surface area contributed by atoms with E-state index in [2.05, 4.69) is 0 Å². The summed E-state index contributed by atoms with van der Waals surface area (Å²) in [7, 11) is 0. The molecule has 3 unspecified atom stereocenters. The summed E-state index contributed by atoms with van der Waals surface area (Å²) >= 11 is 12.5. The van der Waals surface area contributed by atoms with Gasteiger partial charge in [0.2, 0.25) is 0 Å². The van der Waals surface area contributed by atoms with Crippen molar-refractivity contribution in [3.05, 3.63) is 69.7 Å². The normalized spacial score (nSPS) is 25.9. The lowest BCUT2D eigenvalue weighted by Crippen LogP contribution is -2.11. The van der Waals surface area contributed by atoms with Crippen LogP contribution >= 0.6 is 23.2 Å². The molecule has 4 heteroatoms. The van der Waals surface area contributed by atoms with Gasteiger partial charge in [-0.25, -0.2) is 0 Å². The lowest BCUT2D eigenvalue weighted by Gasteiger charge is -2.16. The van der Waals surface area contributed by atoms with Gasteiger partial charge in [0.25, 0.3) is 0 Å². The molecule has 0 radical (unpaired) electrons. The van der Waals surface area contributed by atoms with Crippen molar-refractivity contribution in [3.8, 4) is 0 Å². The predicted molar refractivity (Wildman–Crippen MR) is 80.0 cm³/mol. The molecule has 1 fully saturated rings. The number of benzene rings is 2. The number of hydrogen-bond donors (Lipinski definition) is 0. The van der Waals surface area contributed by atoms with E-state index in [0.717, 1.165) is 11.1 Å². The van der Waals surface area contributed by atoms with Crippen LogP contribution in [0.1, 0.15) is 30.4 Å². The van der Waals surface area contributed by atoms with Crippen LogP contribution in [-0.2, 0) is 9.47 Å². The minimum absolute atomic E-state index is 0.113. The molecule has 1 aliphatic rings. The Bertz CT molecular complexity index is 580. The lowest BCUT2D eigenvalue weighted by molar-refractivity contribution is -0.0676. The molecule has 1 heterocycles. The van der Waals surface area contributed by atoms with Gasteiger partial charge in [0.15, 0.2) is 6.29 Å². The summed E-state index contributed by atoms with van der Waals surface area (Å²) in [5.74, 6) is 0. The number of rotatable bonds is 2. The molecule has 0 amide bonds. The van der Waals surface area contributed by atoms with Crippen LogP contribution in [0.15, 0.2) is 48.5 Å². The van der Waals surface area contributed by atoms with Crippen LogP contribution in [0, 0.1) is 0 Å². The van der Waals surface area contributed by atoms with E-state index in [1.807, 2.05) is 55.5 Å². The van der Waals surface area contributed by atoms with Gasteiger partial charge in [-0.2, -0.15) is 0 Å². The second-order valence-corrected chi connectivity index (χ2v) is 5.59. The third kappa shape index (κ3) is 2.57. The molecule has 0 spiro atoms. The molecule has 3 atom stereocenters. The third-order valence-electron chi connectivity index (χ3n) is 3.39. The Kier molecular flexibility index (Phi) is 3.99. The largest absolute Gasteiger partial charge is 0.342 e. The SMILES string of the molecule is CC1OC(c2ccccc2)OC1c1c(Cl)cccc1Cl. The maximum Gasteiger partial charge on any atom is 0.185 e. The maximum atomic E-state index is 6.25. The molecular formula is C16H14Cl2O2. The zero-order valence-corrected chi connectivity index (χ0v) is 12.4. The smallest absolute Gasteiger partial charge is 0.185 e. The molecule has 0 aromatic heterocycles. The highest BCUT2D eigenvalue weighted by Crippen LogP contribution is 2.44. The first kappa shape index (κ1) is 13.9. The molecule has 2 aromatic rings. The summed E-state index contributed by atoms with van der Waals surface area (Å²) in [6.45, 7) is 1.97. The van der Waals surface area contributed by atoms with Gasteiger partial charge in [-0.3, -0.25) is 0 Å². The summed E-state index contributed by atoms with van der Waals surface area (Å²) in [6.07, 6.45) is -0.762. The molecule has 104 valence electrons. The first-order valence-electron chi connectivity index (χ1n) is 6.46. The van der Waals surface area contributed by atoms with Crippen molar-refractivity contribution in [1.29, 1.82) is 0 Å². The van der Waals surface area contributed by atoms with Gasteiger partial charge in [-0.1, -0.05) is 59.6 Å². The fourth-order valence-electron chi connectivity index (χ4n) is 2.39. The predicted octanol–water partition coefficient (Wildman–Crippen LogP) is 5.17. The fraction of sp³-hybridized carbons (Fsp3) is 0.250. The van der Waals surface area contributed by atoms with Gasteiger partial charge in [-0.15, -0.1) is 0 Å². The average molecular weight is 309 g/mol. The average Bonchev–Trinajstić information content (AvgIpc) is 2.82. The maximum absolute atomic E-state index is 6.25. The van der Waals surface area contributed by atoms with Crippen molar-refractivity contribution >= 4 is 23.2 Å². The molecule has 3 rings (SSSR count). The molecule has 0 aliphatic carbocycles. The van der Waals surface area contributed by atoms with E-state index in [1.54, 1.807) is 0 Å². The Morgan fingerprint density at radius 2 is 1.50 bits per heavy atom. The highest BCUT2D eigenvalue weighted by Gasteiger charge is 2.37. The molecule has 0 saturated carbocycles. The van der Waals surface area contributed by atoms with Crippen LogP contribution in [0.4, 0.5) is 0 Å². The van der Waals surface area contributed by atoms with E-state index < -0.39 is 0 Å². The van der Waals surface area contributed by atoms with Crippen molar-refractivity contribution < 1.29 is 9.47 Å². The van der Waals surface area contributed by atoms with Gasteiger partial charge < -0.3 is 9.47 Å². The molecule has 0 N–H and O–H groups in total. The van der Waals surface area contributed by atoms with Crippen molar-refractivity contribution in [1.82, 2.24) is 0 Å². The molecule has 1 aliphatic heterocycles. The van der Waals surface area contributed by atoms with E-state index in [0.29, 0.717) is 10.0 Å². The molecule has 2 nitrogen and oxygen atoms in total. The Balaban J connectivity index is 1.90. The van der Waals surface area contributed by atoms with Gasteiger partial charge in [-0.05, 0) is 19.1 Å². The van der Waals surface area contributed by atoms with Crippen LogP contribution in [0.2, 0.25) is 10.0 Å². The Morgan fingerprint density at radius 3 is 2.15 bits per heavy atom. The first-order valence-corrected chi connectivity index (χ1v) is 7.22. The van der Waals surface area contributed by atoms with Crippen molar-refractivity contribution in [2.24, 2.45) is 0 Å². The Labute approximate surface area is 128 Å². The number of ether oxygens (including phenoxy) is 2. The second-order valence-electron chi connectivity index (χ2n) is 4.78. The van der Waals surface area contributed by atoms with Gasteiger partial charge in [0.05, 0.1) is 6.10 Å². The van der Waals surface area contributed by atoms with Crippen LogP contribution in [0.3, 0.4) is 0 Å². The van der Waals surface area contributed by atoms with E-state index in [4.69, 9.17) is 32.7 Å². The highest BCUT2D eigenvalue weighted by molar-refractivity contribution is 6.36. The van der Waals surface area contributed by atoms with E-state index in [1.165, 1.54) is 0 Å². The first-order chi connectivity index (χ1) is 9.66. The summed E-state index contributed by atoms with van der Waals surface area (Å²) in [4.78, 5) is 0. The second kappa shape index (κ2) is 5.74. The zero-order valence-electron chi connectivity index (χ0n) is 10.9. The lowest BCUT2D eigenvalue weighted by atomic mass is 10.1. The third-order valence-corrected chi connectivity index (χ3v) is 4.05. The molecule has 0 bridgehead atoms. The molecule has 20 heavy (non-hydrogen) atoms. The Hall–Kier alpha value is -1.06. The van der Waals surface area contributed by atoms with Crippen molar-refractivity contribution in [2.45, 2.75) is 25.4 Å². The number of halogens is 2. The zero-order chi connectivity index (χ0) is 14.1. The topological polar surface area (TPSA) is 18.5 Å². The van der Waals surface area contributed by atoms with Crippen molar-refractivity contribution in [2.75, 3.05) is 0 Å². The summed E-state index contributed by atoms with van der Waals surface area (Å²) in [5, 5.41) is 1.21. The van der Waals surface area contributed by atoms with Gasteiger partial charge in [0, 0.05) is 21.2 Å². The fourth-order valence-corrected chi connectivity index (χ4v) is 3.01.